The van der Waals surface area contributed by atoms with Gasteiger partial charge in [-0.1, -0.05) is 6.07 Å². The van der Waals surface area contributed by atoms with Gasteiger partial charge >= 0.3 is 0 Å². The third-order valence-corrected chi connectivity index (χ3v) is 7.16. The molecule has 0 bridgehead atoms. The Labute approximate surface area is 205 Å². The summed E-state index contributed by atoms with van der Waals surface area (Å²) in [7, 11) is -2.10. The van der Waals surface area contributed by atoms with Gasteiger partial charge in [0.05, 0.1) is 4.90 Å². The first kappa shape index (κ1) is 24.7. The van der Waals surface area contributed by atoms with Gasteiger partial charge in [-0.25, -0.2) is 13.4 Å². The molecular formula is C26H29N3O5S. The van der Waals surface area contributed by atoms with Gasteiger partial charge in [0.25, 0.3) is 15.9 Å². The molecule has 184 valence electrons. The van der Waals surface area contributed by atoms with Crippen molar-refractivity contribution in [1.29, 1.82) is 0 Å². The molecule has 2 aromatic carbocycles. The smallest absolute Gasteiger partial charge is 0.261 e. The van der Waals surface area contributed by atoms with E-state index in [1.165, 1.54) is 11.8 Å². The lowest BCUT2D eigenvalue weighted by Crippen LogP contribution is -2.25. The highest BCUT2D eigenvalue weighted by Gasteiger charge is 2.18. The molecule has 0 fully saturated rings. The number of nitrogens with one attached hydrogen (secondary N) is 2. The molecule has 1 aliphatic carbocycles. The van der Waals surface area contributed by atoms with Crippen molar-refractivity contribution in [2.45, 2.75) is 37.0 Å². The number of carbonyl (C=O) groups excluding carboxylic acids is 1. The van der Waals surface area contributed by atoms with Gasteiger partial charge in [-0.05, 0) is 91.8 Å². The van der Waals surface area contributed by atoms with Crippen LogP contribution in [0, 0.1) is 0 Å². The van der Waals surface area contributed by atoms with Gasteiger partial charge in [0, 0.05) is 32.1 Å². The van der Waals surface area contributed by atoms with Crippen molar-refractivity contribution in [3.05, 3.63) is 77.5 Å². The number of methoxy groups -OCH3 is 1. The molecule has 0 saturated heterocycles. The zero-order valence-electron chi connectivity index (χ0n) is 19.6. The summed E-state index contributed by atoms with van der Waals surface area (Å²) in [4.78, 5) is 16.9. The van der Waals surface area contributed by atoms with E-state index in [9.17, 15) is 13.2 Å². The van der Waals surface area contributed by atoms with E-state index in [1.807, 2.05) is 6.07 Å². The standard InChI is InChI=1S/C26H29N3O5S/c1-33-17-5-16-27-25(30)24-8-4-15-28-26(24)34-22-12-10-21(11-13-22)29-35(31,32)23-14-9-19-6-2-3-7-20(19)18-23/h4,8-15,18,29H,2-3,5-7,16-17H2,1H3,(H,27,30). The molecule has 3 aromatic rings. The maximum Gasteiger partial charge on any atom is 0.261 e. The number of pyridine rings is 1. The molecule has 0 spiro atoms. The van der Waals surface area contributed by atoms with Crippen LogP contribution < -0.4 is 14.8 Å². The Kier molecular flexibility index (Phi) is 7.99. The SMILES string of the molecule is COCCCNC(=O)c1cccnc1Oc1ccc(NS(=O)(=O)c2ccc3c(c2)CCCC3)cc1. The Bertz CT molecular complexity index is 1280. The average molecular weight is 496 g/mol. The number of aryl methyl sites for hydroxylation is 2. The molecule has 2 N–H and O–H groups in total. The fraction of sp³-hybridized carbons (Fsp3) is 0.308. The van der Waals surface area contributed by atoms with Crippen molar-refractivity contribution in [2.75, 3.05) is 25.0 Å². The van der Waals surface area contributed by atoms with E-state index in [-0.39, 0.29) is 16.7 Å². The molecule has 0 atom stereocenters. The highest BCUT2D eigenvalue weighted by Crippen LogP contribution is 2.27. The lowest BCUT2D eigenvalue weighted by Gasteiger charge is -2.17. The van der Waals surface area contributed by atoms with Crippen LogP contribution in [0.3, 0.4) is 0 Å². The molecule has 0 unspecified atom stereocenters. The summed E-state index contributed by atoms with van der Waals surface area (Å²) in [5, 5.41) is 2.81. The van der Waals surface area contributed by atoms with E-state index in [0.29, 0.717) is 36.6 Å². The van der Waals surface area contributed by atoms with Crippen LogP contribution >= 0.6 is 0 Å². The molecule has 1 amide bonds. The average Bonchev–Trinajstić information content (AvgIpc) is 2.87. The molecule has 1 aliphatic rings. The number of hydrogen-bond donors (Lipinski definition) is 2. The molecule has 9 heteroatoms. The van der Waals surface area contributed by atoms with Gasteiger partial charge in [0.1, 0.15) is 11.3 Å². The Balaban J connectivity index is 1.42. The molecule has 0 saturated carbocycles. The highest BCUT2D eigenvalue weighted by atomic mass is 32.2. The first-order valence-electron chi connectivity index (χ1n) is 11.6. The summed E-state index contributed by atoms with van der Waals surface area (Å²) in [6.45, 7) is 1.03. The van der Waals surface area contributed by atoms with E-state index >= 15 is 0 Å². The van der Waals surface area contributed by atoms with Gasteiger partial charge in [0.2, 0.25) is 5.88 Å². The lowest BCUT2D eigenvalue weighted by molar-refractivity contribution is 0.0945. The number of fused-ring (bicyclic) bond motifs is 1. The Hall–Kier alpha value is -3.43. The third-order valence-electron chi connectivity index (χ3n) is 5.78. The number of benzene rings is 2. The van der Waals surface area contributed by atoms with Crippen LogP contribution in [-0.2, 0) is 27.6 Å². The summed E-state index contributed by atoms with van der Waals surface area (Å²) in [5.41, 5.74) is 3.06. The molecule has 0 radical (unpaired) electrons. The Morgan fingerprint density at radius 3 is 2.57 bits per heavy atom. The predicted octanol–water partition coefficient (Wildman–Crippen LogP) is 4.32. The molecule has 1 aromatic heterocycles. The fourth-order valence-corrected chi connectivity index (χ4v) is 5.06. The predicted molar refractivity (Wildman–Crippen MR) is 133 cm³/mol. The number of hydrogen-bond acceptors (Lipinski definition) is 6. The van der Waals surface area contributed by atoms with Crippen LogP contribution in [0.15, 0.2) is 65.7 Å². The number of sulfonamides is 1. The van der Waals surface area contributed by atoms with Crippen molar-refractivity contribution >= 4 is 21.6 Å². The normalized spacial score (nSPS) is 13.1. The minimum Gasteiger partial charge on any atom is -0.438 e. The fourth-order valence-electron chi connectivity index (χ4n) is 3.95. The zero-order valence-corrected chi connectivity index (χ0v) is 20.4. The minimum absolute atomic E-state index is 0.166. The number of carbonyl (C=O) groups is 1. The maximum absolute atomic E-state index is 12.9. The van der Waals surface area contributed by atoms with E-state index in [1.54, 1.807) is 55.6 Å². The summed E-state index contributed by atoms with van der Waals surface area (Å²) >= 11 is 0. The molecule has 1 heterocycles. The van der Waals surface area contributed by atoms with Crippen LogP contribution in [-0.4, -0.2) is 39.6 Å². The number of anilines is 1. The zero-order chi connectivity index (χ0) is 24.7. The summed E-state index contributed by atoms with van der Waals surface area (Å²) in [6.07, 6.45) is 6.37. The van der Waals surface area contributed by atoms with Gasteiger partial charge in [0.15, 0.2) is 0 Å². The van der Waals surface area contributed by atoms with Crippen LogP contribution in [0.1, 0.15) is 40.7 Å². The lowest BCUT2D eigenvalue weighted by atomic mass is 9.92. The monoisotopic (exact) mass is 495 g/mol. The van der Waals surface area contributed by atoms with E-state index in [0.717, 1.165) is 31.2 Å². The van der Waals surface area contributed by atoms with Gasteiger partial charge < -0.3 is 14.8 Å². The quantitative estimate of drug-likeness (QED) is 0.406. The second-order valence-electron chi connectivity index (χ2n) is 8.33. The van der Waals surface area contributed by atoms with Crippen LogP contribution in [0.25, 0.3) is 0 Å². The number of amides is 1. The highest BCUT2D eigenvalue weighted by molar-refractivity contribution is 7.92. The largest absolute Gasteiger partial charge is 0.438 e. The van der Waals surface area contributed by atoms with E-state index < -0.39 is 10.0 Å². The number of aromatic nitrogens is 1. The second-order valence-corrected chi connectivity index (χ2v) is 10.0. The topological polar surface area (TPSA) is 107 Å². The number of ether oxygens (including phenoxy) is 2. The molecule has 8 nitrogen and oxygen atoms in total. The van der Waals surface area contributed by atoms with E-state index in [2.05, 4.69) is 15.0 Å². The maximum atomic E-state index is 12.9. The minimum atomic E-state index is -3.71. The van der Waals surface area contributed by atoms with Gasteiger partial charge in [-0.2, -0.15) is 0 Å². The van der Waals surface area contributed by atoms with Crippen molar-refractivity contribution in [3.63, 3.8) is 0 Å². The Morgan fingerprint density at radius 1 is 1.03 bits per heavy atom. The third kappa shape index (κ3) is 6.37. The Morgan fingerprint density at radius 2 is 1.80 bits per heavy atom. The van der Waals surface area contributed by atoms with Crippen molar-refractivity contribution in [3.8, 4) is 11.6 Å². The van der Waals surface area contributed by atoms with Gasteiger partial charge in [-0.15, -0.1) is 0 Å². The van der Waals surface area contributed by atoms with Crippen molar-refractivity contribution in [1.82, 2.24) is 10.3 Å². The second kappa shape index (κ2) is 11.3. The summed E-state index contributed by atoms with van der Waals surface area (Å²) in [6, 6.07) is 15.1. The van der Waals surface area contributed by atoms with E-state index in [4.69, 9.17) is 9.47 Å². The van der Waals surface area contributed by atoms with Crippen LogP contribution in [0.4, 0.5) is 5.69 Å². The number of nitrogens with zero attached hydrogens (tertiary/aromatic N) is 1. The van der Waals surface area contributed by atoms with Crippen molar-refractivity contribution < 1.29 is 22.7 Å². The van der Waals surface area contributed by atoms with Gasteiger partial charge in [-0.3, -0.25) is 9.52 Å². The first-order chi connectivity index (χ1) is 17.0. The van der Waals surface area contributed by atoms with Crippen LogP contribution in [0.2, 0.25) is 0 Å². The van der Waals surface area contributed by atoms with Crippen LogP contribution in [0.5, 0.6) is 11.6 Å². The molecular weight excluding hydrogens is 466 g/mol. The summed E-state index contributed by atoms with van der Waals surface area (Å²) < 4.78 is 39.2. The molecule has 35 heavy (non-hydrogen) atoms. The summed E-state index contributed by atoms with van der Waals surface area (Å²) in [5.74, 6) is 0.298. The first-order valence-corrected chi connectivity index (χ1v) is 13.1. The van der Waals surface area contributed by atoms with Crippen molar-refractivity contribution in [2.24, 2.45) is 0 Å². The number of rotatable bonds is 10. The molecule has 4 rings (SSSR count). The molecule has 0 aliphatic heterocycles.